The maximum atomic E-state index is 13.1. The molecule has 2 aliphatic heterocycles. The summed E-state index contributed by atoms with van der Waals surface area (Å²) in [6.45, 7) is 6.09. The van der Waals surface area contributed by atoms with E-state index in [0.29, 0.717) is 44.1 Å². The lowest BCUT2D eigenvalue weighted by atomic mass is 10.1. The molecule has 0 N–H and O–H groups in total. The Kier molecular flexibility index (Phi) is 5.96. The Morgan fingerprint density at radius 1 is 0.912 bits per heavy atom. The van der Waals surface area contributed by atoms with Crippen LogP contribution in [0.5, 0.6) is 11.5 Å². The van der Waals surface area contributed by atoms with Gasteiger partial charge < -0.3 is 19.3 Å². The van der Waals surface area contributed by atoms with Gasteiger partial charge in [0.25, 0.3) is 5.91 Å². The average molecular weight is 461 g/mol. The van der Waals surface area contributed by atoms with Gasteiger partial charge in [-0.05, 0) is 38.1 Å². The fourth-order valence-electron chi connectivity index (χ4n) is 4.54. The van der Waals surface area contributed by atoms with Crippen molar-refractivity contribution < 1.29 is 19.1 Å². The molecule has 3 aromatic rings. The number of aryl methyl sites for hydroxylation is 1. The van der Waals surface area contributed by atoms with E-state index in [1.54, 1.807) is 11.0 Å². The second kappa shape index (κ2) is 9.21. The third-order valence-electron chi connectivity index (χ3n) is 6.50. The summed E-state index contributed by atoms with van der Waals surface area (Å²) in [4.78, 5) is 29.6. The van der Waals surface area contributed by atoms with Crippen LogP contribution < -0.4 is 9.47 Å². The van der Waals surface area contributed by atoms with Crippen LogP contribution in [0.4, 0.5) is 0 Å². The SMILES string of the molecule is Cc1nn(-c2ccccc2)c(C)c1CC(=O)N1CCN(C(=O)C2COc3ccccc3O2)CC1. The number of rotatable bonds is 4. The van der Waals surface area contributed by atoms with Gasteiger partial charge in [0.15, 0.2) is 11.5 Å². The van der Waals surface area contributed by atoms with E-state index in [2.05, 4.69) is 5.10 Å². The summed E-state index contributed by atoms with van der Waals surface area (Å²) in [5.74, 6) is 1.19. The Morgan fingerprint density at radius 2 is 1.56 bits per heavy atom. The highest BCUT2D eigenvalue weighted by Gasteiger charge is 2.33. The van der Waals surface area contributed by atoms with Crippen LogP contribution in [0.15, 0.2) is 54.6 Å². The standard InChI is InChI=1S/C26H28N4O4/c1-18-21(19(2)30(27-18)20-8-4-3-5-9-20)16-25(31)28-12-14-29(15-13-28)26(32)24-17-33-22-10-6-7-11-23(22)34-24/h3-11,24H,12-17H2,1-2H3. The number of amides is 2. The van der Waals surface area contributed by atoms with E-state index in [0.717, 1.165) is 22.6 Å². The lowest BCUT2D eigenvalue weighted by Crippen LogP contribution is -2.55. The van der Waals surface area contributed by atoms with Gasteiger partial charge in [0.2, 0.25) is 12.0 Å². The minimum atomic E-state index is -0.661. The van der Waals surface area contributed by atoms with Crippen molar-refractivity contribution in [1.82, 2.24) is 19.6 Å². The van der Waals surface area contributed by atoms with E-state index in [1.165, 1.54) is 0 Å². The first kappa shape index (κ1) is 22.0. The average Bonchev–Trinajstić information content (AvgIpc) is 3.17. The second-order valence-corrected chi connectivity index (χ2v) is 8.64. The molecule has 2 aliphatic rings. The van der Waals surface area contributed by atoms with Crippen molar-refractivity contribution in [1.29, 1.82) is 0 Å². The van der Waals surface area contributed by atoms with Crippen LogP contribution in [-0.2, 0) is 16.0 Å². The highest BCUT2D eigenvalue weighted by atomic mass is 16.6. The molecule has 1 saturated heterocycles. The number of carbonyl (C=O) groups is 2. The molecular weight excluding hydrogens is 432 g/mol. The summed E-state index contributed by atoms with van der Waals surface area (Å²) in [7, 11) is 0. The monoisotopic (exact) mass is 460 g/mol. The molecule has 1 fully saturated rings. The van der Waals surface area contributed by atoms with Gasteiger partial charge in [-0.2, -0.15) is 5.10 Å². The maximum Gasteiger partial charge on any atom is 0.267 e. The van der Waals surface area contributed by atoms with E-state index in [1.807, 2.05) is 72.0 Å². The van der Waals surface area contributed by atoms with Crippen molar-refractivity contribution in [3.63, 3.8) is 0 Å². The molecule has 2 aromatic carbocycles. The van der Waals surface area contributed by atoms with Crippen LogP contribution in [0.25, 0.3) is 5.69 Å². The summed E-state index contributed by atoms with van der Waals surface area (Å²) in [6.07, 6.45) is -0.360. The van der Waals surface area contributed by atoms with E-state index in [-0.39, 0.29) is 18.4 Å². The molecule has 0 aliphatic carbocycles. The molecule has 8 nitrogen and oxygen atoms in total. The van der Waals surface area contributed by atoms with Crippen LogP contribution in [0.1, 0.15) is 17.0 Å². The van der Waals surface area contributed by atoms with Crippen LogP contribution in [0.2, 0.25) is 0 Å². The quantitative estimate of drug-likeness (QED) is 0.598. The lowest BCUT2D eigenvalue weighted by molar-refractivity contribution is -0.146. The minimum absolute atomic E-state index is 0.0529. The summed E-state index contributed by atoms with van der Waals surface area (Å²) in [5, 5.41) is 4.65. The number of carbonyl (C=O) groups excluding carboxylic acids is 2. The zero-order valence-corrected chi connectivity index (χ0v) is 19.4. The number of ether oxygens (including phenoxy) is 2. The minimum Gasteiger partial charge on any atom is -0.485 e. The highest BCUT2D eigenvalue weighted by Crippen LogP contribution is 2.31. The Balaban J connectivity index is 1.18. The van der Waals surface area contributed by atoms with Gasteiger partial charge in [0.05, 0.1) is 17.8 Å². The van der Waals surface area contributed by atoms with Crippen molar-refractivity contribution in [2.24, 2.45) is 0 Å². The molecule has 8 heteroatoms. The molecule has 0 spiro atoms. The largest absolute Gasteiger partial charge is 0.485 e. The number of nitrogens with zero attached hydrogens (tertiary/aromatic N) is 4. The summed E-state index contributed by atoms with van der Waals surface area (Å²) >= 11 is 0. The van der Waals surface area contributed by atoms with Crippen molar-refractivity contribution in [3.05, 3.63) is 71.5 Å². The van der Waals surface area contributed by atoms with Gasteiger partial charge in [0, 0.05) is 37.4 Å². The van der Waals surface area contributed by atoms with Gasteiger partial charge >= 0.3 is 0 Å². The van der Waals surface area contributed by atoms with Crippen molar-refractivity contribution in [3.8, 4) is 17.2 Å². The number of piperazine rings is 1. The lowest BCUT2D eigenvalue weighted by Gasteiger charge is -2.37. The van der Waals surface area contributed by atoms with Crippen LogP contribution in [0.3, 0.4) is 0 Å². The summed E-state index contributed by atoms with van der Waals surface area (Å²) < 4.78 is 13.4. The second-order valence-electron chi connectivity index (χ2n) is 8.64. The fraction of sp³-hybridized carbons (Fsp3) is 0.346. The maximum absolute atomic E-state index is 13.1. The van der Waals surface area contributed by atoms with E-state index in [9.17, 15) is 9.59 Å². The van der Waals surface area contributed by atoms with Crippen molar-refractivity contribution in [2.75, 3.05) is 32.8 Å². The van der Waals surface area contributed by atoms with Gasteiger partial charge in [0.1, 0.15) is 6.61 Å². The molecule has 0 radical (unpaired) electrons. The zero-order valence-electron chi connectivity index (χ0n) is 19.4. The van der Waals surface area contributed by atoms with Gasteiger partial charge in [-0.15, -0.1) is 0 Å². The Bertz CT molecular complexity index is 1200. The number of hydrogen-bond acceptors (Lipinski definition) is 5. The summed E-state index contributed by atoms with van der Waals surface area (Å²) in [5.41, 5.74) is 3.77. The Labute approximate surface area is 198 Å². The number of hydrogen-bond donors (Lipinski definition) is 0. The molecule has 3 heterocycles. The van der Waals surface area contributed by atoms with Crippen LogP contribution in [0, 0.1) is 13.8 Å². The predicted octanol–water partition coefficient (Wildman–Crippen LogP) is 2.54. The first-order valence-electron chi connectivity index (χ1n) is 11.6. The van der Waals surface area contributed by atoms with E-state index < -0.39 is 6.10 Å². The smallest absolute Gasteiger partial charge is 0.267 e. The third-order valence-corrected chi connectivity index (χ3v) is 6.50. The molecule has 0 bridgehead atoms. The first-order chi connectivity index (χ1) is 16.5. The number of para-hydroxylation sites is 3. The molecule has 1 unspecified atom stereocenters. The highest BCUT2D eigenvalue weighted by molar-refractivity contribution is 5.83. The van der Waals surface area contributed by atoms with Gasteiger partial charge in [-0.1, -0.05) is 30.3 Å². The zero-order chi connectivity index (χ0) is 23.7. The molecule has 2 amide bonds. The molecule has 1 atom stereocenters. The first-order valence-corrected chi connectivity index (χ1v) is 11.6. The normalized spacial score (nSPS) is 17.5. The van der Waals surface area contributed by atoms with Crippen molar-refractivity contribution in [2.45, 2.75) is 26.4 Å². The predicted molar refractivity (Wildman–Crippen MR) is 126 cm³/mol. The van der Waals surface area contributed by atoms with Crippen molar-refractivity contribution >= 4 is 11.8 Å². The van der Waals surface area contributed by atoms with E-state index >= 15 is 0 Å². The number of aromatic nitrogens is 2. The topological polar surface area (TPSA) is 76.9 Å². The number of benzene rings is 2. The Morgan fingerprint density at radius 3 is 2.29 bits per heavy atom. The fourth-order valence-corrected chi connectivity index (χ4v) is 4.54. The molecular formula is C26H28N4O4. The number of fused-ring (bicyclic) bond motifs is 1. The van der Waals surface area contributed by atoms with Gasteiger partial charge in [-0.25, -0.2) is 4.68 Å². The van der Waals surface area contributed by atoms with Gasteiger partial charge in [-0.3, -0.25) is 9.59 Å². The molecule has 1 aromatic heterocycles. The van der Waals surface area contributed by atoms with Crippen LogP contribution in [-0.4, -0.2) is 70.3 Å². The summed E-state index contributed by atoms with van der Waals surface area (Å²) in [6, 6.07) is 17.3. The third kappa shape index (κ3) is 4.23. The van der Waals surface area contributed by atoms with Crippen LogP contribution >= 0.6 is 0 Å². The molecule has 5 rings (SSSR count). The van der Waals surface area contributed by atoms with E-state index in [4.69, 9.17) is 9.47 Å². The molecule has 0 saturated carbocycles. The molecule has 34 heavy (non-hydrogen) atoms. The molecule has 176 valence electrons. The Hall–Kier alpha value is -3.81.